The summed E-state index contributed by atoms with van der Waals surface area (Å²) in [6.45, 7) is 0.319. The van der Waals surface area contributed by atoms with Crippen molar-refractivity contribution in [3.05, 3.63) is 46.6 Å². The molecule has 0 fully saturated rings. The molecule has 0 aliphatic heterocycles. The number of benzene rings is 1. The SMILES string of the molecule is Nc1cc(Br)nc(NCC(O)c2ccccc2)n1. The lowest BCUT2D eigenvalue weighted by Crippen LogP contribution is -2.14. The van der Waals surface area contributed by atoms with E-state index in [9.17, 15) is 5.11 Å². The van der Waals surface area contributed by atoms with Crippen LogP contribution in [0.2, 0.25) is 0 Å². The van der Waals surface area contributed by atoms with Gasteiger partial charge in [-0.05, 0) is 21.5 Å². The number of nitrogen functional groups attached to an aromatic ring is 1. The molecule has 2 rings (SSSR count). The van der Waals surface area contributed by atoms with Crippen LogP contribution in [0.1, 0.15) is 11.7 Å². The van der Waals surface area contributed by atoms with Crippen LogP contribution in [-0.4, -0.2) is 21.6 Å². The van der Waals surface area contributed by atoms with Gasteiger partial charge in [0.2, 0.25) is 5.95 Å². The molecule has 0 saturated heterocycles. The van der Waals surface area contributed by atoms with Crippen LogP contribution in [0.25, 0.3) is 0 Å². The maximum Gasteiger partial charge on any atom is 0.225 e. The second kappa shape index (κ2) is 5.79. The summed E-state index contributed by atoms with van der Waals surface area (Å²) in [4.78, 5) is 8.12. The average Bonchev–Trinajstić information content (AvgIpc) is 2.36. The predicted molar refractivity (Wildman–Crippen MR) is 74.0 cm³/mol. The maximum absolute atomic E-state index is 9.96. The number of nitrogens with one attached hydrogen (secondary N) is 1. The minimum Gasteiger partial charge on any atom is -0.387 e. The van der Waals surface area contributed by atoms with E-state index in [1.165, 1.54) is 0 Å². The molecule has 4 N–H and O–H groups in total. The lowest BCUT2D eigenvalue weighted by molar-refractivity contribution is 0.191. The zero-order valence-electron chi connectivity index (χ0n) is 9.55. The van der Waals surface area contributed by atoms with Crippen molar-refractivity contribution in [1.29, 1.82) is 0 Å². The largest absolute Gasteiger partial charge is 0.387 e. The molecule has 0 aliphatic carbocycles. The van der Waals surface area contributed by atoms with E-state index in [0.717, 1.165) is 5.56 Å². The third-order valence-electron chi connectivity index (χ3n) is 2.35. The Hall–Kier alpha value is -1.66. The first-order valence-corrected chi connectivity index (χ1v) is 6.21. The van der Waals surface area contributed by atoms with E-state index in [-0.39, 0.29) is 0 Å². The van der Waals surface area contributed by atoms with Gasteiger partial charge < -0.3 is 16.2 Å². The number of hydrogen-bond acceptors (Lipinski definition) is 5. The van der Waals surface area contributed by atoms with Crippen LogP contribution < -0.4 is 11.1 Å². The van der Waals surface area contributed by atoms with E-state index >= 15 is 0 Å². The van der Waals surface area contributed by atoms with Crippen LogP contribution in [0.5, 0.6) is 0 Å². The monoisotopic (exact) mass is 308 g/mol. The highest BCUT2D eigenvalue weighted by molar-refractivity contribution is 9.10. The number of aliphatic hydroxyl groups excluding tert-OH is 1. The zero-order valence-corrected chi connectivity index (χ0v) is 11.1. The molecule has 1 heterocycles. The van der Waals surface area contributed by atoms with Crippen molar-refractivity contribution in [3.63, 3.8) is 0 Å². The van der Waals surface area contributed by atoms with Crippen molar-refractivity contribution in [2.24, 2.45) is 0 Å². The van der Waals surface area contributed by atoms with Crippen molar-refractivity contribution < 1.29 is 5.11 Å². The number of halogens is 1. The van der Waals surface area contributed by atoms with Crippen LogP contribution in [0.4, 0.5) is 11.8 Å². The molecule has 0 spiro atoms. The molecule has 0 radical (unpaired) electrons. The molecule has 0 amide bonds. The van der Waals surface area contributed by atoms with Gasteiger partial charge in [0.15, 0.2) is 0 Å². The molecular formula is C12H13BrN4O. The topological polar surface area (TPSA) is 84.1 Å². The summed E-state index contributed by atoms with van der Waals surface area (Å²) in [5.41, 5.74) is 6.43. The number of rotatable bonds is 4. The van der Waals surface area contributed by atoms with E-state index in [1.54, 1.807) is 6.07 Å². The van der Waals surface area contributed by atoms with Gasteiger partial charge in [-0.1, -0.05) is 30.3 Å². The van der Waals surface area contributed by atoms with Crippen LogP contribution in [0.15, 0.2) is 41.0 Å². The summed E-state index contributed by atoms with van der Waals surface area (Å²) in [7, 11) is 0. The molecule has 6 heteroatoms. The van der Waals surface area contributed by atoms with Crippen molar-refractivity contribution >= 4 is 27.7 Å². The molecule has 1 aromatic heterocycles. The predicted octanol–water partition coefficient (Wildman–Crippen LogP) is 1.97. The summed E-state index contributed by atoms with van der Waals surface area (Å²) in [5.74, 6) is 0.755. The maximum atomic E-state index is 9.96. The van der Waals surface area contributed by atoms with E-state index in [2.05, 4.69) is 31.2 Å². The molecule has 94 valence electrons. The minimum atomic E-state index is -0.616. The lowest BCUT2D eigenvalue weighted by atomic mass is 10.1. The summed E-state index contributed by atoms with van der Waals surface area (Å²) in [5, 5.41) is 12.9. The fourth-order valence-corrected chi connectivity index (χ4v) is 1.90. The minimum absolute atomic E-state index is 0.319. The van der Waals surface area contributed by atoms with Gasteiger partial charge in [-0.2, -0.15) is 4.98 Å². The van der Waals surface area contributed by atoms with Gasteiger partial charge in [-0.25, -0.2) is 4.98 Å². The van der Waals surface area contributed by atoms with Gasteiger partial charge in [-0.15, -0.1) is 0 Å². The van der Waals surface area contributed by atoms with E-state index in [1.807, 2.05) is 30.3 Å². The standard InChI is InChI=1S/C12H13BrN4O/c13-10-6-11(14)17-12(16-10)15-7-9(18)8-4-2-1-3-5-8/h1-6,9,18H,7H2,(H3,14,15,16,17). The van der Waals surface area contributed by atoms with Crippen molar-refractivity contribution in [2.45, 2.75) is 6.10 Å². The fourth-order valence-electron chi connectivity index (χ4n) is 1.50. The highest BCUT2D eigenvalue weighted by Crippen LogP contribution is 2.15. The van der Waals surface area contributed by atoms with Crippen molar-refractivity contribution in [2.75, 3.05) is 17.6 Å². The Labute approximate surface area is 113 Å². The number of nitrogens with zero attached hydrogens (tertiary/aromatic N) is 2. The number of hydrogen-bond donors (Lipinski definition) is 3. The molecular weight excluding hydrogens is 296 g/mol. The van der Waals surface area contributed by atoms with Gasteiger partial charge in [0.1, 0.15) is 10.4 Å². The molecule has 1 unspecified atom stereocenters. The second-order valence-corrected chi connectivity index (χ2v) is 4.56. The van der Waals surface area contributed by atoms with E-state index in [0.29, 0.717) is 22.9 Å². The van der Waals surface area contributed by atoms with Crippen LogP contribution in [0, 0.1) is 0 Å². The molecule has 0 aliphatic rings. The Morgan fingerprint density at radius 1 is 1.28 bits per heavy atom. The smallest absolute Gasteiger partial charge is 0.225 e. The average molecular weight is 309 g/mol. The van der Waals surface area contributed by atoms with Gasteiger partial charge in [-0.3, -0.25) is 0 Å². The Morgan fingerprint density at radius 2 is 2.00 bits per heavy atom. The first-order chi connectivity index (χ1) is 8.65. The third-order valence-corrected chi connectivity index (χ3v) is 2.76. The van der Waals surface area contributed by atoms with Gasteiger partial charge in [0.05, 0.1) is 6.10 Å². The zero-order chi connectivity index (χ0) is 13.0. The van der Waals surface area contributed by atoms with E-state index < -0.39 is 6.10 Å². The molecule has 2 aromatic rings. The molecule has 1 aromatic carbocycles. The van der Waals surface area contributed by atoms with Crippen molar-refractivity contribution in [1.82, 2.24) is 9.97 Å². The lowest BCUT2D eigenvalue weighted by Gasteiger charge is -2.12. The number of aromatic nitrogens is 2. The quantitative estimate of drug-likeness (QED) is 0.752. The highest BCUT2D eigenvalue weighted by Gasteiger charge is 2.07. The Bertz CT molecular complexity index is 500. The molecule has 0 saturated carbocycles. The summed E-state index contributed by atoms with van der Waals surface area (Å²) in [6.07, 6.45) is -0.616. The van der Waals surface area contributed by atoms with Gasteiger partial charge in [0, 0.05) is 12.6 Å². The Kier molecular flexibility index (Phi) is 4.11. The molecule has 18 heavy (non-hydrogen) atoms. The Morgan fingerprint density at radius 3 is 2.67 bits per heavy atom. The fraction of sp³-hybridized carbons (Fsp3) is 0.167. The van der Waals surface area contributed by atoms with Gasteiger partial charge in [0.25, 0.3) is 0 Å². The number of aliphatic hydroxyl groups is 1. The first-order valence-electron chi connectivity index (χ1n) is 5.42. The van der Waals surface area contributed by atoms with Crippen LogP contribution in [-0.2, 0) is 0 Å². The third kappa shape index (κ3) is 3.41. The summed E-state index contributed by atoms with van der Waals surface area (Å²) in [6, 6.07) is 11.0. The Balaban J connectivity index is 1.99. The van der Waals surface area contributed by atoms with Gasteiger partial charge >= 0.3 is 0 Å². The second-order valence-electron chi connectivity index (χ2n) is 3.75. The number of nitrogens with two attached hydrogens (primary N) is 1. The van der Waals surface area contributed by atoms with Crippen molar-refractivity contribution in [3.8, 4) is 0 Å². The van der Waals surface area contributed by atoms with E-state index in [4.69, 9.17) is 5.73 Å². The number of anilines is 2. The van der Waals surface area contributed by atoms with Crippen LogP contribution >= 0.6 is 15.9 Å². The normalized spacial score (nSPS) is 12.1. The summed E-state index contributed by atoms with van der Waals surface area (Å²) >= 11 is 3.23. The molecule has 0 bridgehead atoms. The highest BCUT2D eigenvalue weighted by atomic mass is 79.9. The first kappa shape index (κ1) is 12.8. The van der Waals surface area contributed by atoms with Crippen LogP contribution in [0.3, 0.4) is 0 Å². The molecule has 5 nitrogen and oxygen atoms in total. The molecule has 1 atom stereocenters. The summed E-state index contributed by atoms with van der Waals surface area (Å²) < 4.78 is 0.603.